The fourth-order valence-corrected chi connectivity index (χ4v) is 2.29. The predicted octanol–water partition coefficient (Wildman–Crippen LogP) is -0.0382. The minimum absolute atomic E-state index is 0.0454. The molecule has 1 aromatic heterocycles. The normalized spacial score (nSPS) is 17.1. The Hall–Kier alpha value is -2.41. The number of pyridine rings is 1. The molecular weight excluding hydrogens is 271 g/mol. The molecule has 1 saturated heterocycles. The Kier molecular flexibility index (Phi) is 3.58. The maximum Gasteiger partial charge on any atom is 0.638 e. The molecule has 0 radical (unpaired) electrons. The van der Waals surface area contributed by atoms with E-state index in [9.17, 15) is 9.59 Å². The zero-order valence-corrected chi connectivity index (χ0v) is 11.5. The average molecular weight is 284 g/mol. The number of benzene rings is 1. The summed E-state index contributed by atoms with van der Waals surface area (Å²) in [6.45, 7) is 0.0909. The number of hydrogen-bond donors (Lipinski definition) is 0. The van der Waals surface area contributed by atoms with Crippen LogP contribution in [-0.2, 0) is 18.9 Å². The van der Waals surface area contributed by atoms with Crippen LogP contribution in [0.15, 0.2) is 36.7 Å². The van der Waals surface area contributed by atoms with E-state index in [1.807, 2.05) is 24.3 Å². The summed E-state index contributed by atoms with van der Waals surface area (Å²) in [5, 5.41) is 1.73. The molecule has 0 N–H and O–H groups in total. The van der Waals surface area contributed by atoms with Gasteiger partial charge in [0.25, 0.3) is 0 Å². The molecule has 7 heteroatoms. The Bertz CT molecular complexity index is 681. The molecule has 0 unspecified atom stereocenters. The molecule has 0 saturated carbocycles. The second kappa shape index (κ2) is 5.53. The summed E-state index contributed by atoms with van der Waals surface area (Å²) in [6, 6.07) is 7.52. The first-order valence-corrected chi connectivity index (χ1v) is 6.53. The topological polar surface area (TPSA) is 68.7 Å². The van der Waals surface area contributed by atoms with Gasteiger partial charge in [-0.25, -0.2) is 0 Å². The lowest BCUT2D eigenvalue weighted by molar-refractivity contribution is -0.145. The molecule has 2 heterocycles. The number of fused-ring (bicyclic) bond motifs is 1. The van der Waals surface area contributed by atoms with Gasteiger partial charge in [-0.3, -0.25) is 19.5 Å². The van der Waals surface area contributed by atoms with E-state index >= 15 is 0 Å². The minimum Gasteiger partial charge on any atom is -0.494 e. The molecule has 3 rings (SSSR count). The zero-order chi connectivity index (χ0) is 14.8. The van der Waals surface area contributed by atoms with Crippen LogP contribution in [0.1, 0.15) is 0 Å². The molecule has 6 nitrogen and oxygen atoms in total. The average Bonchev–Trinajstić information content (AvgIpc) is 2.44. The van der Waals surface area contributed by atoms with E-state index in [4.69, 9.17) is 9.31 Å². The van der Waals surface area contributed by atoms with Crippen molar-refractivity contribution in [3.05, 3.63) is 36.7 Å². The largest absolute Gasteiger partial charge is 0.638 e. The molecule has 21 heavy (non-hydrogen) atoms. The van der Waals surface area contributed by atoms with Crippen LogP contribution in [0.5, 0.6) is 0 Å². The highest BCUT2D eigenvalue weighted by Gasteiger charge is 2.35. The Labute approximate surface area is 121 Å². The minimum atomic E-state index is -1.06. The van der Waals surface area contributed by atoms with E-state index in [1.54, 1.807) is 24.3 Å². The third-order valence-corrected chi connectivity index (χ3v) is 3.23. The van der Waals surface area contributed by atoms with Gasteiger partial charge in [-0.15, -0.1) is 0 Å². The Morgan fingerprint density at radius 1 is 1.10 bits per heavy atom. The van der Waals surface area contributed by atoms with E-state index in [-0.39, 0.29) is 13.1 Å². The zero-order valence-electron chi connectivity index (χ0n) is 11.5. The molecule has 0 spiro atoms. The Morgan fingerprint density at radius 2 is 1.76 bits per heavy atom. The van der Waals surface area contributed by atoms with Crippen molar-refractivity contribution in [2.24, 2.45) is 0 Å². The monoisotopic (exact) mass is 284 g/mol. The molecule has 1 aromatic carbocycles. The molecule has 0 amide bonds. The molecule has 0 aliphatic carbocycles. The van der Waals surface area contributed by atoms with Gasteiger partial charge >= 0.3 is 19.1 Å². The first-order valence-electron chi connectivity index (χ1n) is 6.53. The molecule has 1 fully saturated rings. The van der Waals surface area contributed by atoms with Crippen LogP contribution in [0.3, 0.4) is 0 Å². The highest BCUT2D eigenvalue weighted by Crippen LogP contribution is 2.12. The molecule has 1 aliphatic heterocycles. The third-order valence-electron chi connectivity index (χ3n) is 3.23. The summed E-state index contributed by atoms with van der Waals surface area (Å²) in [6.07, 6.45) is 3.26. The molecule has 2 aromatic rings. The van der Waals surface area contributed by atoms with Gasteiger partial charge in [0.15, 0.2) is 0 Å². The van der Waals surface area contributed by atoms with Crippen molar-refractivity contribution in [3.63, 3.8) is 0 Å². The summed E-state index contributed by atoms with van der Waals surface area (Å²) in [7, 11) is 0.597. The Balaban J connectivity index is 2.00. The SMILES string of the molecule is CN1CC(=O)OB(c2cncc3ccccc23)OC(=O)C1. The number of likely N-dealkylation sites (N-methyl/N-ethyl adjacent to an activating group) is 1. The molecule has 106 valence electrons. The molecular formula is C14H13BN2O4. The van der Waals surface area contributed by atoms with Crippen LogP contribution >= 0.6 is 0 Å². The number of nitrogens with zero attached hydrogens (tertiary/aromatic N) is 2. The summed E-state index contributed by atoms with van der Waals surface area (Å²) < 4.78 is 10.5. The van der Waals surface area contributed by atoms with Crippen molar-refractivity contribution in [2.45, 2.75) is 0 Å². The van der Waals surface area contributed by atoms with Crippen LogP contribution in [0.4, 0.5) is 0 Å². The molecule has 0 atom stereocenters. The second-order valence-electron chi connectivity index (χ2n) is 4.93. The predicted molar refractivity (Wildman–Crippen MR) is 76.8 cm³/mol. The van der Waals surface area contributed by atoms with Gasteiger partial charge in [-0.1, -0.05) is 24.3 Å². The number of rotatable bonds is 1. The number of carbonyl (C=O) groups excluding carboxylic acids is 2. The van der Waals surface area contributed by atoms with E-state index in [0.29, 0.717) is 5.46 Å². The van der Waals surface area contributed by atoms with Crippen molar-refractivity contribution in [1.29, 1.82) is 0 Å². The summed E-state index contributed by atoms with van der Waals surface area (Å²) in [4.78, 5) is 29.3. The first kappa shape index (κ1) is 13.6. The lowest BCUT2D eigenvalue weighted by atomic mass is 9.77. The van der Waals surface area contributed by atoms with E-state index in [0.717, 1.165) is 10.8 Å². The maximum absolute atomic E-state index is 11.8. The van der Waals surface area contributed by atoms with Gasteiger partial charge in [0, 0.05) is 17.9 Å². The third kappa shape index (κ3) is 2.87. The quantitative estimate of drug-likeness (QED) is 0.685. The Morgan fingerprint density at radius 3 is 2.48 bits per heavy atom. The van der Waals surface area contributed by atoms with E-state index in [2.05, 4.69) is 4.98 Å². The summed E-state index contributed by atoms with van der Waals surface area (Å²) in [5.74, 6) is -0.883. The van der Waals surface area contributed by atoms with E-state index < -0.39 is 19.1 Å². The molecule has 0 bridgehead atoms. The van der Waals surface area contributed by atoms with Crippen molar-refractivity contribution in [2.75, 3.05) is 20.1 Å². The lowest BCUT2D eigenvalue weighted by Crippen LogP contribution is -2.48. The number of hydrogen-bond acceptors (Lipinski definition) is 6. The van der Waals surface area contributed by atoms with Crippen LogP contribution in [0, 0.1) is 0 Å². The van der Waals surface area contributed by atoms with Crippen LogP contribution in [0.2, 0.25) is 0 Å². The van der Waals surface area contributed by atoms with Crippen molar-refractivity contribution >= 4 is 35.3 Å². The van der Waals surface area contributed by atoms with Gasteiger partial charge < -0.3 is 9.31 Å². The highest BCUT2D eigenvalue weighted by molar-refractivity contribution is 6.67. The van der Waals surface area contributed by atoms with Gasteiger partial charge in [0.2, 0.25) is 0 Å². The highest BCUT2D eigenvalue weighted by atomic mass is 16.6. The van der Waals surface area contributed by atoms with Crippen LogP contribution < -0.4 is 5.46 Å². The van der Waals surface area contributed by atoms with Crippen molar-refractivity contribution in [1.82, 2.24) is 9.88 Å². The standard InChI is InChI=1S/C14H13BN2O4/c1-17-8-13(18)20-15(21-14(19)9-17)12-7-16-6-10-4-2-3-5-11(10)12/h2-7H,8-9H2,1H3. The summed E-state index contributed by atoms with van der Waals surface area (Å²) >= 11 is 0. The van der Waals surface area contributed by atoms with Crippen LogP contribution in [-0.4, -0.2) is 49.1 Å². The second-order valence-corrected chi connectivity index (χ2v) is 4.93. The van der Waals surface area contributed by atoms with E-state index in [1.165, 1.54) is 0 Å². The summed E-state index contributed by atoms with van der Waals surface area (Å²) in [5.41, 5.74) is 0.569. The number of aromatic nitrogens is 1. The van der Waals surface area contributed by atoms with Crippen molar-refractivity contribution < 1.29 is 18.9 Å². The lowest BCUT2D eigenvalue weighted by Gasteiger charge is -2.22. The molecule has 1 aliphatic rings. The van der Waals surface area contributed by atoms with Gasteiger partial charge in [0.05, 0.1) is 13.1 Å². The first-order chi connectivity index (χ1) is 10.1. The number of carbonyl (C=O) groups is 2. The smallest absolute Gasteiger partial charge is 0.494 e. The fraction of sp³-hybridized carbons (Fsp3) is 0.214. The van der Waals surface area contributed by atoms with Crippen LogP contribution in [0.25, 0.3) is 10.8 Å². The van der Waals surface area contributed by atoms with Gasteiger partial charge in [-0.2, -0.15) is 0 Å². The van der Waals surface area contributed by atoms with Gasteiger partial charge in [-0.05, 0) is 17.8 Å². The van der Waals surface area contributed by atoms with Crippen molar-refractivity contribution in [3.8, 4) is 0 Å². The fourth-order valence-electron chi connectivity index (χ4n) is 2.29. The van der Waals surface area contributed by atoms with Gasteiger partial charge in [0.1, 0.15) is 0 Å². The maximum atomic E-state index is 11.8.